The molecule has 1 heterocycles. The van der Waals surface area contributed by atoms with Gasteiger partial charge in [-0.25, -0.2) is 0 Å². The molecule has 0 radical (unpaired) electrons. The number of nitrogens with zero attached hydrogens (tertiary/aromatic N) is 1. The van der Waals surface area contributed by atoms with Gasteiger partial charge in [-0.15, -0.1) is 0 Å². The number of carbonyl (C=O) groups excluding carboxylic acids is 1. The van der Waals surface area contributed by atoms with Crippen LogP contribution in [0.3, 0.4) is 0 Å². The van der Waals surface area contributed by atoms with E-state index in [2.05, 4.69) is 13.8 Å². The second-order valence-electron chi connectivity index (χ2n) is 5.76. The highest BCUT2D eigenvalue weighted by Gasteiger charge is 2.27. The van der Waals surface area contributed by atoms with Crippen molar-refractivity contribution in [2.45, 2.75) is 52.4 Å². The van der Waals surface area contributed by atoms with Crippen LogP contribution in [0, 0.1) is 5.92 Å². The van der Waals surface area contributed by atoms with Gasteiger partial charge >= 0.3 is 0 Å². The lowest BCUT2D eigenvalue weighted by Gasteiger charge is -2.32. The molecule has 0 atom stereocenters. The summed E-state index contributed by atoms with van der Waals surface area (Å²) in [6.07, 6.45) is 6.18. The van der Waals surface area contributed by atoms with Crippen molar-refractivity contribution in [3.05, 3.63) is 23.8 Å². The van der Waals surface area contributed by atoms with E-state index in [0.29, 0.717) is 5.91 Å². The van der Waals surface area contributed by atoms with Crippen LogP contribution < -0.4 is 10.6 Å². The maximum absolute atomic E-state index is 12.8. The molecule has 0 aromatic heterocycles. The first-order valence-electron chi connectivity index (χ1n) is 7.87. The van der Waals surface area contributed by atoms with Crippen molar-refractivity contribution in [3.63, 3.8) is 0 Å². The maximum Gasteiger partial charge on any atom is 0.230 e. The Morgan fingerprint density at radius 2 is 2.00 bits per heavy atom. The number of anilines is 2. The van der Waals surface area contributed by atoms with Gasteiger partial charge in [0, 0.05) is 23.8 Å². The fourth-order valence-corrected chi connectivity index (χ4v) is 3.15. The lowest BCUT2D eigenvalue weighted by Crippen LogP contribution is -2.39. The van der Waals surface area contributed by atoms with E-state index >= 15 is 0 Å². The summed E-state index contributed by atoms with van der Waals surface area (Å²) in [6, 6.07) is 5.93. The van der Waals surface area contributed by atoms with Crippen LogP contribution in [0.15, 0.2) is 18.2 Å². The number of carbonyl (C=O) groups is 1. The van der Waals surface area contributed by atoms with Crippen molar-refractivity contribution in [1.82, 2.24) is 0 Å². The van der Waals surface area contributed by atoms with Crippen molar-refractivity contribution < 1.29 is 4.79 Å². The van der Waals surface area contributed by atoms with Crippen molar-refractivity contribution in [1.29, 1.82) is 0 Å². The standard InChI is InChI=1S/C17H26N2O/c1-3-6-13(7-4-2)17(20)19-11-5-8-14-12-15(18)9-10-16(14)19/h9-10,12-13H,3-8,11,18H2,1-2H3. The smallest absolute Gasteiger partial charge is 0.230 e. The van der Waals surface area contributed by atoms with Gasteiger partial charge in [-0.3, -0.25) is 4.79 Å². The number of hydrogen-bond acceptors (Lipinski definition) is 2. The number of rotatable bonds is 5. The summed E-state index contributed by atoms with van der Waals surface area (Å²) in [5, 5.41) is 0. The zero-order valence-corrected chi connectivity index (χ0v) is 12.7. The van der Waals surface area contributed by atoms with Gasteiger partial charge in [-0.05, 0) is 49.4 Å². The predicted octanol–water partition coefficient (Wildman–Crippen LogP) is 3.76. The molecule has 0 saturated carbocycles. The number of amides is 1. The molecule has 1 aromatic rings. The molecule has 1 amide bonds. The Morgan fingerprint density at radius 1 is 1.30 bits per heavy atom. The number of fused-ring (bicyclic) bond motifs is 1. The molecule has 110 valence electrons. The first-order chi connectivity index (χ1) is 9.67. The average Bonchev–Trinajstić information content (AvgIpc) is 2.45. The summed E-state index contributed by atoms with van der Waals surface area (Å²) in [4.78, 5) is 14.8. The van der Waals surface area contributed by atoms with Gasteiger partial charge in [-0.1, -0.05) is 26.7 Å². The van der Waals surface area contributed by atoms with Crippen molar-refractivity contribution in [3.8, 4) is 0 Å². The molecule has 2 N–H and O–H groups in total. The molecule has 3 nitrogen and oxygen atoms in total. The van der Waals surface area contributed by atoms with E-state index in [1.54, 1.807) is 0 Å². The lowest BCUT2D eigenvalue weighted by atomic mass is 9.94. The number of nitrogens with two attached hydrogens (primary N) is 1. The minimum absolute atomic E-state index is 0.175. The van der Waals surface area contributed by atoms with Gasteiger partial charge < -0.3 is 10.6 Å². The third-order valence-electron chi connectivity index (χ3n) is 4.11. The van der Waals surface area contributed by atoms with Crippen LogP contribution in [0.25, 0.3) is 0 Å². The van der Waals surface area contributed by atoms with Gasteiger partial charge in [0.15, 0.2) is 0 Å². The molecule has 1 aliphatic heterocycles. The van der Waals surface area contributed by atoms with Crippen molar-refractivity contribution >= 4 is 17.3 Å². The molecule has 20 heavy (non-hydrogen) atoms. The van der Waals surface area contributed by atoms with Crippen LogP contribution in [0.1, 0.15) is 51.5 Å². The molecule has 0 aliphatic carbocycles. The van der Waals surface area contributed by atoms with E-state index in [9.17, 15) is 4.79 Å². The van der Waals surface area contributed by atoms with E-state index in [1.807, 2.05) is 23.1 Å². The van der Waals surface area contributed by atoms with E-state index in [4.69, 9.17) is 5.73 Å². The monoisotopic (exact) mass is 274 g/mol. The minimum Gasteiger partial charge on any atom is -0.399 e. The quantitative estimate of drug-likeness (QED) is 0.831. The Bertz CT molecular complexity index is 464. The van der Waals surface area contributed by atoms with E-state index in [0.717, 1.165) is 56.4 Å². The summed E-state index contributed by atoms with van der Waals surface area (Å²) in [6.45, 7) is 5.15. The van der Waals surface area contributed by atoms with Gasteiger partial charge in [0.1, 0.15) is 0 Å². The Hall–Kier alpha value is -1.51. The molecule has 0 fully saturated rings. The van der Waals surface area contributed by atoms with E-state index in [-0.39, 0.29) is 5.92 Å². The molecule has 2 rings (SSSR count). The highest BCUT2D eigenvalue weighted by atomic mass is 16.2. The zero-order valence-electron chi connectivity index (χ0n) is 12.7. The highest BCUT2D eigenvalue weighted by Crippen LogP contribution is 2.31. The number of nitrogen functional groups attached to an aromatic ring is 1. The van der Waals surface area contributed by atoms with Crippen LogP contribution >= 0.6 is 0 Å². The van der Waals surface area contributed by atoms with Crippen LogP contribution in [0.5, 0.6) is 0 Å². The molecule has 0 bridgehead atoms. The van der Waals surface area contributed by atoms with Crippen LogP contribution in [0.2, 0.25) is 0 Å². The Morgan fingerprint density at radius 3 is 2.65 bits per heavy atom. The number of hydrogen-bond donors (Lipinski definition) is 1. The third kappa shape index (κ3) is 3.14. The Labute approximate surface area is 122 Å². The summed E-state index contributed by atoms with van der Waals surface area (Å²) >= 11 is 0. The van der Waals surface area contributed by atoms with Crippen molar-refractivity contribution in [2.75, 3.05) is 17.2 Å². The molecule has 0 saturated heterocycles. The van der Waals surface area contributed by atoms with Crippen LogP contribution in [-0.2, 0) is 11.2 Å². The van der Waals surface area contributed by atoms with Crippen LogP contribution in [-0.4, -0.2) is 12.5 Å². The fourth-order valence-electron chi connectivity index (χ4n) is 3.15. The first-order valence-corrected chi connectivity index (χ1v) is 7.87. The molecule has 0 unspecified atom stereocenters. The SMILES string of the molecule is CCCC(CCC)C(=O)N1CCCc2cc(N)ccc21. The second-order valence-corrected chi connectivity index (χ2v) is 5.76. The summed E-state index contributed by atoms with van der Waals surface area (Å²) in [7, 11) is 0. The molecular formula is C17H26N2O. The summed E-state index contributed by atoms with van der Waals surface area (Å²) in [5.74, 6) is 0.480. The maximum atomic E-state index is 12.8. The number of aryl methyl sites for hydroxylation is 1. The molecule has 1 aliphatic rings. The largest absolute Gasteiger partial charge is 0.399 e. The van der Waals surface area contributed by atoms with Gasteiger partial charge in [0.25, 0.3) is 0 Å². The highest BCUT2D eigenvalue weighted by molar-refractivity contribution is 5.96. The van der Waals surface area contributed by atoms with Gasteiger partial charge in [0.05, 0.1) is 0 Å². The Kier molecular flexibility index (Phi) is 5.05. The molecule has 1 aromatic carbocycles. The lowest BCUT2D eigenvalue weighted by molar-refractivity contribution is -0.122. The summed E-state index contributed by atoms with van der Waals surface area (Å²) in [5.41, 5.74) is 8.94. The van der Waals surface area contributed by atoms with Gasteiger partial charge in [-0.2, -0.15) is 0 Å². The minimum atomic E-state index is 0.175. The van der Waals surface area contributed by atoms with Crippen molar-refractivity contribution in [2.24, 2.45) is 5.92 Å². The normalized spacial score (nSPS) is 14.4. The third-order valence-corrected chi connectivity index (χ3v) is 4.11. The molecule has 0 spiro atoms. The fraction of sp³-hybridized carbons (Fsp3) is 0.588. The average molecular weight is 274 g/mol. The Balaban J connectivity index is 2.23. The first kappa shape index (κ1) is 14.9. The number of benzene rings is 1. The van der Waals surface area contributed by atoms with Gasteiger partial charge in [0.2, 0.25) is 5.91 Å². The molecular weight excluding hydrogens is 248 g/mol. The second kappa shape index (κ2) is 6.78. The van der Waals surface area contributed by atoms with E-state index in [1.165, 1.54) is 5.56 Å². The topological polar surface area (TPSA) is 46.3 Å². The summed E-state index contributed by atoms with van der Waals surface area (Å²) < 4.78 is 0. The molecule has 3 heteroatoms. The van der Waals surface area contributed by atoms with Crippen LogP contribution in [0.4, 0.5) is 11.4 Å². The predicted molar refractivity (Wildman–Crippen MR) is 84.8 cm³/mol. The van der Waals surface area contributed by atoms with E-state index < -0.39 is 0 Å². The zero-order chi connectivity index (χ0) is 14.5.